The van der Waals surface area contributed by atoms with Crippen LogP contribution in [-0.4, -0.2) is 26.3 Å². The third kappa shape index (κ3) is 2.44. The number of nitrogens with one attached hydrogen (secondary N) is 1. The van der Waals surface area contributed by atoms with Crippen LogP contribution in [0.3, 0.4) is 0 Å². The molecule has 0 fully saturated rings. The molecule has 5 heteroatoms. The number of aromatic nitrogens is 2. The molecule has 1 atom stereocenters. The van der Waals surface area contributed by atoms with Crippen molar-refractivity contribution in [3.05, 3.63) is 23.3 Å². The number of hydrogen-bond donors (Lipinski definition) is 2. The highest BCUT2D eigenvalue weighted by atomic mass is 32.2. The molecular weight excluding hydrogens is 236 g/mol. The van der Waals surface area contributed by atoms with Crippen molar-refractivity contribution < 1.29 is 9.90 Å². The summed E-state index contributed by atoms with van der Waals surface area (Å²) in [5.74, 6) is -0.831. The summed E-state index contributed by atoms with van der Waals surface area (Å²) in [6.07, 6.45) is 0. The number of H-pyrrole nitrogens is 1. The molecule has 2 N–H and O–H groups in total. The summed E-state index contributed by atoms with van der Waals surface area (Å²) in [4.78, 5) is 18.3. The minimum absolute atomic E-state index is 0.502. The first kappa shape index (κ1) is 12.0. The summed E-state index contributed by atoms with van der Waals surface area (Å²) in [5, 5.41) is 8.99. The molecule has 90 valence electrons. The number of fused-ring (bicyclic) bond motifs is 1. The number of aliphatic carboxylic acids is 1. The lowest BCUT2D eigenvalue weighted by atomic mass is 10.1. The Kier molecular flexibility index (Phi) is 3.11. The molecule has 1 aromatic carbocycles. The predicted octanol–water partition coefficient (Wildman–Crippen LogP) is 2.74. The SMILES string of the molecule is Cc1cc2nc(S[C@@H](C)C(=O)O)[nH]c2cc1C. The molecule has 2 aromatic rings. The number of rotatable bonds is 3. The minimum Gasteiger partial charge on any atom is -0.480 e. The maximum atomic E-state index is 10.8. The number of carboxylic acid groups (broad SMARTS) is 1. The quantitative estimate of drug-likeness (QED) is 0.822. The molecule has 0 spiro atoms. The summed E-state index contributed by atoms with van der Waals surface area (Å²) in [7, 11) is 0. The minimum atomic E-state index is -0.831. The van der Waals surface area contributed by atoms with Gasteiger partial charge >= 0.3 is 5.97 Å². The van der Waals surface area contributed by atoms with E-state index >= 15 is 0 Å². The van der Waals surface area contributed by atoms with E-state index in [1.807, 2.05) is 26.0 Å². The molecule has 17 heavy (non-hydrogen) atoms. The third-order valence-electron chi connectivity index (χ3n) is 2.71. The number of nitrogens with zero attached hydrogens (tertiary/aromatic N) is 1. The largest absolute Gasteiger partial charge is 0.480 e. The van der Waals surface area contributed by atoms with E-state index in [4.69, 9.17) is 5.11 Å². The van der Waals surface area contributed by atoms with Crippen molar-refractivity contribution >= 4 is 28.8 Å². The maximum absolute atomic E-state index is 10.8. The smallest absolute Gasteiger partial charge is 0.316 e. The van der Waals surface area contributed by atoms with Crippen molar-refractivity contribution in [2.75, 3.05) is 0 Å². The lowest BCUT2D eigenvalue weighted by Gasteiger charge is -2.00. The number of carbonyl (C=O) groups is 1. The van der Waals surface area contributed by atoms with Crippen LogP contribution in [0.4, 0.5) is 0 Å². The van der Waals surface area contributed by atoms with E-state index in [0.29, 0.717) is 5.16 Å². The van der Waals surface area contributed by atoms with Crippen LogP contribution in [0.2, 0.25) is 0 Å². The van der Waals surface area contributed by atoms with Crippen LogP contribution in [0, 0.1) is 13.8 Å². The van der Waals surface area contributed by atoms with Gasteiger partial charge in [-0.3, -0.25) is 4.79 Å². The Balaban J connectivity index is 2.35. The van der Waals surface area contributed by atoms with Gasteiger partial charge in [0, 0.05) is 0 Å². The molecule has 0 aliphatic heterocycles. The first-order valence-corrected chi connectivity index (χ1v) is 6.22. The highest BCUT2D eigenvalue weighted by Crippen LogP contribution is 2.25. The molecular formula is C12H14N2O2S. The van der Waals surface area contributed by atoms with Crippen molar-refractivity contribution in [1.82, 2.24) is 9.97 Å². The standard InChI is InChI=1S/C12H14N2O2S/c1-6-4-9-10(5-7(6)2)14-12(13-9)17-8(3)11(15)16/h4-5,8H,1-3H3,(H,13,14)(H,15,16)/t8-/m0/s1. The fourth-order valence-corrected chi connectivity index (χ4v) is 2.28. The Labute approximate surface area is 103 Å². The van der Waals surface area contributed by atoms with Crippen LogP contribution >= 0.6 is 11.8 Å². The van der Waals surface area contributed by atoms with Gasteiger partial charge in [0.05, 0.1) is 11.0 Å². The van der Waals surface area contributed by atoms with Crippen LogP contribution in [0.15, 0.2) is 17.3 Å². The van der Waals surface area contributed by atoms with E-state index in [1.165, 1.54) is 22.9 Å². The number of imidazole rings is 1. The van der Waals surface area contributed by atoms with Crippen molar-refractivity contribution in [3.63, 3.8) is 0 Å². The van der Waals surface area contributed by atoms with Crippen LogP contribution in [0.5, 0.6) is 0 Å². The zero-order valence-electron chi connectivity index (χ0n) is 9.94. The average molecular weight is 250 g/mol. The van der Waals surface area contributed by atoms with Gasteiger partial charge in [0.2, 0.25) is 0 Å². The Morgan fingerprint density at radius 3 is 2.71 bits per heavy atom. The van der Waals surface area contributed by atoms with E-state index in [-0.39, 0.29) is 0 Å². The van der Waals surface area contributed by atoms with Gasteiger partial charge < -0.3 is 10.1 Å². The Morgan fingerprint density at radius 2 is 2.06 bits per heavy atom. The van der Waals surface area contributed by atoms with Gasteiger partial charge in [0.1, 0.15) is 5.25 Å². The topological polar surface area (TPSA) is 66.0 Å². The molecule has 0 aliphatic carbocycles. The van der Waals surface area contributed by atoms with Gasteiger partial charge in [-0.25, -0.2) is 4.98 Å². The van der Waals surface area contributed by atoms with Gasteiger partial charge in [-0.15, -0.1) is 0 Å². The predicted molar refractivity (Wildman–Crippen MR) is 68.5 cm³/mol. The highest BCUT2D eigenvalue weighted by Gasteiger charge is 2.15. The summed E-state index contributed by atoms with van der Waals surface area (Å²) >= 11 is 1.22. The highest BCUT2D eigenvalue weighted by molar-refractivity contribution is 8.00. The molecule has 0 saturated carbocycles. The summed E-state index contributed by atoms with van der Waals surface area (Å²) in [5.41, 5.74) is 4.22. The lowest BCUT2D eigenvalue weighted by Crippen LogP contribution is -2.11. The second-order valence-corrected chi connectivity index (χ2v) is 5.42. The molecule has 1 aromatic heterocycles. The van der Waals surface area contributed by atoms with Crippen LogP contribution in [0.25, 0.3) is 11.0 Å². The van der Waals surface area contributed by atoms with Gasteiger partial charge in [-0.1, -0.05) is 11.8 Å². The monoisotopic (exact) mass is 250 g/mol. The third-order valence-corrected chi connectivity index (χ3v) is 3.68. The lowest BCUT2D eigenvalue weighted by molar-refractivity contribution is -0.136. The second kappa shape index (κ2) is 4.41. The van der Waals surface area contributed by atoms with Gasteiger partial charge in [-0.05, 0) is 44.0 Å². The van der Waals surface area contributed by atoms with E-state index in [0.717, 1.165) is 11.0 Å². The summed E-state index contributed by atoms with van der Waals surface area (Å²) in [6, 6.07) is 4.05. The van der Waals surface area contributed by atoms with Crippen LogP contribution in [0.1, 0.15) is 18.1 Å². The van der Waals surface area contributed by atoms with E-state index in [2.05, 4.69) is 9.97 Å². The van der Waals surface area contributed by atoms with E-state index in [9.17, 15) is 4.79 Å². The number of benzene rings is 1. The maximum Gasteiger partial charge on any atom is 0.316 e. The Bertz CT molecular complexity index is 538. The first-order valence-electron chi connectivity index (χ1n) is 5.34. The molecule has 4 nitrogen and oxygen atoms in total. The molecule has 0 aliphatic rings. The van der Waals surface area contributed by atoms with Crippen molar-refractivity contribution in [2.24, 2.45) is 0 Å². The number of hydrogen-bond acceptors (Lipinski definition) is 3. The number of thioether (sulfide) groups is 1. The van der Waals surface area contributed by atoms with Gasteiger partial charge in [-0.2, -0.15) is 0 Å². The Morgan fingerprint density at radius 1 is 1.41 bits per heavy atom. The Hall–Kier alpha value is -1.49. The number of carboxylic acids is 1. The van der Waals surface area contributed by atoms with Crippen molar-refractivity contribution in [3.8, 4) is 0 Å². The molecule has 0 amide bonds. The van der Waals surface area contributed by atoms with Gasteiger partial charge in [0.25, 0.3) is 0 Å². The summed E-state index contributed by atoms with van der Waals surface area (Å²) in [6.45, 7) is 5.73. The second-order valence-electron chi connectivity index (χ2n) is 4.09. The molecule has 0 bridgehead atoms. The van der Waals surface area contributed by atoms with Crippen molar-refractivity contribution in [1.29, 1.82) is 0 Å². The average Bonchev–Trinajstić information content (AvgIpc) is 2.60. The van der Waals surface area contributed by atoms with Crippen LogP contribution < -0.4 is 0 Å². The first-order chi connectivity index (χ1) is 7.97. The molecule has 0 radical (unpaired) electrons. The molecule has 0 unspecified atom stereocenters. The fourth-order valence-electron chi connectivity index (χ4n) is 1.52. The molecule has 2 rings (SSSR count). The number of aryl methyl sites for hydroxylation is 2. The number of aromatic amines is 1. The molecule has 0 saturated heterocycles. The van der Waals surface area contributed by atoms with E-state index < -0.39 is 11.2 Å². The molecule has 1 heterocycles. The van der Waals surface area contributed by atoms with Crippen LogP contribution in [-0.2, 0) is 4.79 Å². The summed E-state index contributed by atoms with van der Waals surface area (Å²) < 4.78 is 0. The zero-order valence-corrected chi connectivity index (χ0v) is 10.8. The zero-order chi connectivity index (χ0) is 12.6. The fraction of sp³-hybridized carbons (Fsp3) is 0.333. The van der Waals surface area contributed by atoms with Gasteiger partial charge in [0.15, 0.2) is 5.16 Å². The van der Waals surface area contributed by atoms with E-state index in [1.54, 1.807) is 6.92 Å². The normalized spacial score (nSPS) is 12.9. The van der Waals surface area contributed by atoms with Crippen molar-refractivity contribution in [2.45, 2.75) is 31.2 Å².